The molecule has 1 aromatic rings. The van der Waals surface area contributed by atoms with E-state index in [2.05, 4.69) is 0 Å². The van der Waals surface area contributed by atoms with Crippen LogP contribution in [0.5, 0.6) is 0 Å². The van der Waals surface area contributed by atoms with Crippen molar-refractivity contribution in [1.29, 1.82) is 0 Å². The highest BCUT2D eigenvalue weighted by Gasteiger charge is 2.30. The minimum Gasteiger partial charge on any atom is -0.391 e. The van der Waals surface area contributed by atoms with Crippen LogP contribution in [0.25, 0.3) is 0 Å². The van der Waals surface area contributed by atoms with Crippen molar-refractivity contribution in [3.8, 4) is 0 Å². The monoisotopic (exact) mass is 291 g/mol. The van der Waals surface area contributed by atoms with Crippen LogP contribution in [-0.4, -0.2) is 11.2 Å². The molecule has 0 saturated heterocycles. The predicted molar refractivity (Wildman–Crippen MR) is 73.2 cm³/mol. The molecule has 0 heterocycles. The second-order valence-electron chi connectivity index (χ2n) is 5.16. The van der Waals surface area contributed by atoms with Crippen LogP contribution in [0.4, 0.5) is 8.78 Å². The molecule has 2 atom stereocenters. The standard InChI is InChI=1S/C14H19F2NO.ClH/c1-8-6-7-10(12(16)11(8)15)13(17)14(18)9-4-2-3-5-9;/h6-7,9,13-14,18H,2-5,17H2,1H3;1H/t13-,14+;/m1./s1. The molecule has 0 spiro atoms. The van der Waals surface area contributed by atoms with Crippen LogP contribution < -0.4 is 5.73 Å². The van der Waals surface area contributed by atoms with Gasteiger partial charge in [-0.05, 0) is 31.2 Å². The molecule has 0 aliphatic heterocycles. The lowest BCUT2D eigenvalue weighted by Crippen LogP contribution is -2.32. The lowest BCUT2D eigenvalue weighted by atomic mass is 9.90. The van der Waals surface area contributed by atoms with Crippen LogP contribution in [0.15, 0.2) is 12.1 Å². The number of nitrogens with two attached hydrogens (primary N) is 1. The summed E-state index contributed by atoms with van der Waals surface area (Å²) < 4.78 is 27.3. The first-order valence-corrected chi connectivity index (χ1v) is 6.40. The first kappa shape index (κ1) is 16.3. The summed E-state index contributed by atoms with van der Waals surface area (Å²) in [7, 11) is 0. The molecule has 1 aliphatic carbocycles. The molecule has 0 aromatic heterocycles. The number of aryl methyl sites for hydroxylation is 1. The molecule has 1 saturated carbocycles. The molecule has 0 bridgehead atoms. The smallest absolute Gasteiger partial charge is 0.163 e. The van der Waals surface area contributed by atoms with Gasteiger partial charge < -0.3 is 10.8 Å². The molecule has 3 N–H and O–H groups in total. The third-order valence-corrected chi connectivity index (χ3v) is 3.92. The Morgan fingerprint density at radius 2 is 1.79 bits per heavy atom. The highest BCUT2D eigenvalue weighted by atomic mass is 35.5. The third kappa shape index (κ3) is 3.25. The molecule has 1 aromatic carbocycles. The maximum atomic E-state index is 13.8. The van der Waals surface area contributed by atoms with Gasteiger partial charge in [0.2, 0.25) is 0 Å². The summed E-state index contributed by atoms with van der Waals surface area (Å²) in [6.07, 6.45) is 3.15. The quantitative estimate of drug-likeness (QED) is 0.898. The highest BCUT2D eigenvalue weighted by Crippen LogP contribution is 2.33. The summed E-state index contributed by atoms with van der Waals surface area (Å²) >= 11 is 0. The SMILES string of the molecule is Cc1ccc([C@@H](N)[C@@H](O)C2CCCC2)c(F)c1F.Cl. The van der Waals surface area contributed by atoms with Gasteiger partial charge in [0.1, 0.15) is 0 Å². The van der Waals surface area contributed by atoms with Crippen molar-refractivity contribution in [3.63, 3.8) is 0 Å². The van der Waals surface area contributed by atoms with Gasteiger partial charge in [0.15, 0.2) is 11.6 Å². The Balaban J connectivity index is 0.00000180. The van der Waals surface area contributed by atoms with E-state index in [9.17, 15) is 13.9 Å². The van der Waals surface area contributed by atoms with E-state index in [0.717, 1.165) is 25.7 Å². The minimum atomic E-state index is -0.931. The van der Waals surface area contributed by atoms with Gasteiger partial charge in [-0.25, -0.2) is 8.78 Å². The zero-order valence-corrected chi connectivity index (χ0v) is 11.7. The topological polar surface area (TPSA) is 46.2 Å². The molecule has 5 heteroatoms. The van der Waals surface area contributed by atoms with Crippen molar-refractivity contribution in [2.24, 2.45) is 11.7 Å². The summed E-state index contributed by atoms with van der Waals surface area (Å²) in [5, 5.41) is 10.1. The van der Waals surface area contributed by atoms with Gasteiger partial charge >= 0.3 is 0 Å². The van der Waals surface area contributed by atoms with Crippen molar-refractivity contribution in [3.05, 3.63) is 34.9 Å². The summed E-state index contributed by atoms with van der Waals surface area (Å²) in [6, 6.07) is 2.11. The van der Waals surface area contributed by atoms with E-state index in [1.807, 2.05) is 0 Å². The first-order chi connectivity index (χ1) is 8.52. The fourth-order valence-corrected chi connectivity index (χ4v) is 2.69. The van der Waals surface area contributed by atoms with Crippen LogP contribution in [0, 0.1) is 24.5 Å². The van der Waals surface area contributed by atoms with Gasteiger partial charge in [-0.2, -0.15) is 0 Å². The van der Waals surface area contributed by atoms with Crippen LogP contribution in [-0.2, 0) is 0 Å². The average molecular weight is 292 g/mol. The van der Waals surface area contributed by atoms with E-state index in [0.29, 0.717) is 0 Å². The third-order valence-electron chi connectivity index (χ3n) is 3.92. The fraction of sp³-hybridized carbons (Fsp3) is 0.571. The first-order valence-electron chi connectivity index (χ1n) is 6.40. The fourth-order valence-electron chi connectivity index (χ4n) is 2.69. The highest BCUT2D eigenvalue weighted by molar-refractivity contribution is 5.85. The maximum Gasteiger partial charge on any atom is 0.163 e. The summed E-state index contributed by atoms with van der Waals surface area (Å²) in [5.74, 6) is -1.70. The Bertz CT molecular complexity index is 436. The molecule has 19 heavy (non-hydrogen) atoms. The molecule has 1 fully saturated rings. The van der Waals surface area contributed by atoms with Gasteiger partial charge in [0, 0.05) is 5.56 Å². The molecule has 108 valence electrons. The van der Waals surface area contributed by atoms with Crippen molar-refractivity contribution >= 4 is 12.4 Å². The van der Waals surface area contributed by atoms with E-state index < -0.39 is 23.8 Å². The van der Waals surface area contributed by atoms with E-state index >= 15 is 0 Å². The van der Waals surface area contributed by atoms with E-state index in [-0.39, 0.29) is 29.5 Å². The number of aliphatic hydroxyl groups excluding tert-OH is 1. The maximum absolute atomic E-state index is 13.8. The van der Waals surface area contributed by atoms with Gasteiger partial charge in [-0.3, -0.25) is 0 Å². The van der Waals surface area contributed by atoms with E-state index in [1.165, 1.54) is 19.1 Å². The largest absolute Gasteiger partial charge is 0.391 e. The Morgan fingerprint density at radius 3 is 2.37 bits per heavy atom. The molecular weight excluding hydrogens is 272 g/mol. The number of rotatable bonds is 3. The number of halogens is 3. The van der Waals surface area contributed by atoms with Crippen molar-refractivity contribution in [1.82, 2.24) is 0 Å². The zero-order valence-electron chi connectivity index (χ0n) is 10.9. The van der Waals surface area contributed by atoms with E-state index in [1.54, 1.807) is 0 Å². The van der Waals surface area contributed by atoms with Crippen molar-refractivity contribution < 1.29 is 13.9 Å². The van der Waals surface area contributed by atoms with Crippen LogP contribution in [0.2, 0.25) is 0 Å². The van der Waals surface area contributed by atoms with E-state index in [4.69, 9.17) is 5.73 Å². The molecule has 0 amide bonds. The normalized spacial score (nSPS) is 19.0. The van der Waals surface area contributed by atoms with Crippen LogP contribution in [0.1, 0.15) is 42.9 Å². The Labute approximate surface area is 118 Å². The molecule has 0 radical (unpaired) electrons. The second kappa shape index (κ2) is 6.64. The van der Waals surface area contributed by atoms with Gasteiger partial charge in [0.05, 0.1) is 12.1 Å². The van der Waals surface area contributed by atoms with Crippen molar-refractivity contribution in [2.45, 2.75) is 44.8 Å². The predicted octanol–water partition coefficient (Wildman–Crippen LogP) is 3.25. The molecule has 2 rings (SSSR count). The van der Waals surface area contributed by atoms with Crippen LogP contribution in [0.3, 0.4) is 0 Å². The lowest BCUT2D eigenvalue weighted by Gasteiger charge is -2.25. The van der Waals surface area contributed by atoms with Gasteiger partial charge in [-0.15, -0.1) is 12.4 Å². The van der Waals surface area contributed by atoms with Crippen LogP contribution >= 0.6 is 12.4 Å². The molecule has 0 unspecified atom stereocenters. The zero-order chi connectivity index (χ0) is 13.3. The molecule has 2 nitrogen and oxygen atoms in total. The number of benzene rings is 1. The lowest BCUT2D eigenvalue weighted by molar-refractivity contribution is 0.0830. The molecule has 1 aliphatic rings. The Kier molecular flexibility index (Phi) is 5.71. The Morgan fingerprint density at radius 1 is 1.21 bits per heavy atom. The average Bonchev–Trinajstić information content (AvgIpc) is 2.88. The number of hydrogen-bond acceptors (Lipinski definition) is 2. The minimum absolute atomic E-state index is 0. The van der Waals surface area contributed by atoms with Gasteiger partial charge in [0.25, 0.3) is 0 Å². The second-order valence-corrected chi connectivity index (χ2v) is 5.16. The Hall–Kier alpha value is -0.710. The number of hydrogen-bond donors (Lipinski definition) is 2. The number of aliphatic hydroxyl groups is 1. The summed E-state index contributed by atoms with van der Waals surface area (Å²) in [6.45, 7) is 1.50. The van der Waals surface area contributed by atoms with Crippen molar-refractivity contribution in [2.75, 3.05) is 0 Å². The summed E-state index contributed by atoms with van der Waals surface area (Å²) in [4.78, 5) is 0. The van der Waals surface area contributed by atoms with Gasteiger partial charge in [-0.1, -0.05) is 25.0 Å². The summed E-state index contributed by atoms with van der Waals surface area (Å²) in [5.41, 5.74) is 6.20. The molecular formula is C14H20ClF2NO.